The van der Waals surface area contributed by atoms with Crippen molar-refractivity contribution in [3.8, 4) is 10.6 Å². The maximum atomic E-state index is 12.1. The Hall–Kier alpha value is -2.73. The van der Waals surface area contributed by atoms with Gasteiger partial charge in [0.1, 0.15) is 9.88 Å². The smallest absolute Gasteiger partial charge is 0.263 e. The summed E-state index contributed by atoms with van der Waals surface area (Å²) in [5.74, 6) is -0.142. The van der Waals surface area contributed by atoms with E-state index in [0.29, 0.717) is 17.1 Å². The average Bonchev–Trinajstić information content (AvgIpc) is 3.04. The fraction of sp³-hybridized carbons (Fsp3) is 0.0625. The van der Waals surface area contributed by atoms with Crippen LogP contribution in [-0.2, 0) is 6.54 Å². The van der Waals surface area contributed by atoms with Crippen LogP contribution in [0.4, 0.5) is 5.69 Å². The van der Waals surface area contributed by atoms with Gasteiger partial charge in [-0.25, -0.2) is 4.98 Å². The summed E-state index contributed by atoms with van der Waals surface area (Å²) in [5, 5.41) is 3.63. The number of pyridine rings is 1. The molecule has 0 unspecified atom stereocenters. The molecular formula is C16H14N4OS. The van der Waals surface area contributed by atoms with Gasteiger partial charge in [0.05, 0.1) is 6.20 Å². The minimum atomic E-state index is -0.142. The van der Waals surface area contributed by atoms with Crippen LogP contribution >= 0.6 is 11.3 Å². The number of hydrogen-bond donors (Lipinski definition) is 2. The van der Waals surface area contributed by atoms with Gasteiger partial charge in [-0.05, 0) is 23.8 Å². The van der Waals surface area contributed by atoms with Gasteiger partial charge in [-0.2, -0.15) is 0 Å². The number of nitrogens with two attached hydrogens (primary N) is 1. The number of benzene rings is 1. The number of nitrogens with zero attached hydrogens (tertiary/aromatic N) is 2. The highest BCUT2D eigenvalue weighted by Gasteiger charge is 2.11. The Balaban J connectivity index is 1.69. The highest BCUT2D eigenvalue weighted by Crippen LogP contribution is 2.26. The molecule has 110 valence electrons. The van der Waals surface area contributed by atoms with Gasteiger partial charge in [0.25, 0.3) is 5.91 Å². The lowest BCUT2D eigenvalue weighted by atomic mass is 10.2. The van der Waals surface area contributed by atoms with Crippen LogP contribution < -0.4 is 11.1 Å². The zero-order valence-corrected chi connectivity index (χ0v) is 12.5. The number of amides is 1. The van der Waals surface area contributed by atoms with E-state index < -0.39 is 0 Å². The van der Waals surface area contributed by atoms with E-state index in [1.54, 1.807) is 18.6 Å². The molecule has 0 atom stereocenters. The molecule has 0 saturated heterocycles. The third-order valence-corrected chi connectivity index (χ3v) is 4.08. The van der Waals surface area contributed by atoms with Crippen LogP contribution in [-0.4, -0.2) is 15.9 Å². The zero-order chi connectivity index (χ0) is 15.4. The summed E-state index contributed by atoms with van der Waals surface area (Å²) >= 11 is 1.34. The molecule has 0 fully saturated rings. The molecule has 0 aliphatic rings. The second kappa shape index (κ2) is 6.36. The third-order valence-electron chi connectivity index (χ3n) is 3.04. The van der Waals surface area contributed by atoms with Crippen LogP contribution in [0.3, 0.4) is 0 Å². The molecule has 3 rings (SSSR count). The number of nitrogens with one attached hydrogen (secondary N) is 1. The quantitative estimate of drug-likeness (QED) is 0.726. The minimum absolute atomic E-state index is 0.142. The molecule has 2 heterocycles. The van der Waals surface area contributed by atoms with Crippen molar-refractivity contribution in [1.29, 1.82) is 0 Å². The summed E-state index contributed by atoms with van der Waals surface area (Å²) in [6, 6.07) is 11.2. The Labute approximate surface area is 131 Å². The summed E-state index contributed by atoms with van der Waals surface area (Å²) in [6.45, 7) is 0.443. The van der Waals surface area contributed by atoms with Crippen molar-refractivity contribution in [2.24, 2.45) is 0 Å². The van der Waals surface area contributed by atoms with E-state index in [4.69, 9.17) is 5.73 Å². The van der Waals surface area contributed by atoms with Gasteiger partial charge in [-0.15, -0.1) is 11.3 Å². The highest BCUT2D eigenvalue weighted by atomic mass is 32.1. The minimum Gasteiger partial charge on any atom is -0.399 e. The lowest BCUT2D eigenvalue weighted by Crippen LogP contribution is -2.21. The Kier molecular flexibility index (Phi) is 4.11. The first-order chi connectivity index (χ1) is 10.7. The Morgan fingerprint density at radius 3 is 2.91 bits per heavy atom. The van der Waals surface area contributed by atoms with Crippen molar-refractivity contribution in [3.05, 3.63) is 65.4 Å². The number of rotatable bonds is 4. The molecule has 2 aromatic heterocycles. The van der Waals surface area contributed by atoms with Gasteiger partial charge in [0, 0.05) is 30.2 Å². The maximum absolute atomic E-state index is 12.1. The first kappa shape index (κ1) is 14.2. The molecule has 0 bridgehead atoms. The molecule has 0 aliphatic heterocycles. The zero-order valence-electron chi connectivity index (χ0n) is 11.7. The fourth-order valence-corrected chi connectivity index (χ4v) is 2.79. The molecule has 0 spiro atoms. The number of aromatic nitrogens is 2. The van der Waals surface area contributed by atoms with E-state index in [2.05, 4.69) is 15.3 Å². The number of carbonyl (C=O) groups is 1. The van der Waals surface area contributed by atoms with Gasteiger partial charge in [0.15, 0.2) is 0 Å². The SMILES string of the molecule is Nc1cccc(-c2ncc(C(=O)NCc3cccnc3)s2)c1. The summed E-state index contributed by atoms with van der Waals surface area (Å²) in [4.78, 5) is 21.0. The summed E-state index contributed by atoms with van der Waals surface area (Å²) < 4.78 is 0. The molecule has 6 heteroatoms. The second-order valence-electron chi connectivity index (χ2n) is 4.70. The molecule has 3 aromatic rings. The monoisotopic (exact) mass is 310 g/mol. The largest absolute Gasteiger partial charge is 0.399 e. The number of hydrogen-bond acceptors (Lipinski definition) is 5. The van der Waals surface area contributed by atoms with Crippen molar-refractivity contribution in [1.82, 2.24) is 15.3 Å². The van der Waals surface area contributed by atoms with Gasteiger partial charge < -0.3 is 11.1 Å². The average molecular weight is 310 g/mol. The van der Waals surface area contributed by atoms with Crippen LogP contribution in [0.15, 0.2) is 55.0 Å². The van der Waals surface area contributed by atoms with Crippen LogP contribution in [0.25, 0.3) is 10.6 Å². The summed E-state index contributed by atoms with van der Waals surface area (Å²) in [6.07, 6.45) is 5.01. The standard InChI is InChI=1S/C16H14N4OS/c17-13-5-1-4-12(7-13)16-20-10-14(22-16)15(21)19-9-11-3-2-6-18-8-11/h1-8,10H,9,17H2,(H,19,21). The van der Waals surface area contributed by atoms with Crippen LogP contribution in [0.1, 0.15) is 15.2 Å². The molecule has 0 saturated carbocycles. The number of anilines is 1. The van der Waals surface area contributed by atoms with E-state index in [9.17, 15) is 4.79 Å². The molecule has 5 nitrogen and oxygen atoms in total. The predicted molar refractivity (Wildman–Crippen MR) is 87.4 cm³/mol. The molecule has 3 N–H and O–H groups in total. The topological polar surface area (TPSA) is 80.9 Å². The highest BCUT2D eigenvalue weighted by molar-refractivity contribution is 7.16. The van der Waals surface area contributed by atoms with E-state index >= 15 is 0 Å². The van der Waals surface area contributed by atoms with Crippen molar-refractivity contribution in [3.63, 3.8) is 0 Å². The van der Waals surface area contributed by atoms with Gasteiger partial charge in [-0.3, -0.25) is 9.78 Å². The van der Waals surface area contributed by atoms with E-state index in [1.165, 1.54) is 11.3 Å². The molecule has 0 radical (unpaired) electrons. The molecule has 0 aliphatic carbocycles. The second-order valence-corrected chi connectivity index (χ2v) is 5.73. The lowest BCUT2D eigenvalue weighted by Gasteiger charge is -2.02. The van der Waals surface area contributed by atoms with Crippen molar-refractivity contribution < 1.29 is 4.79 Å². The van der Waals surface area contributed by atoms with Crippen LogP contribution in [0.5, 0.6) is 0 Å². The fourth-order valence-electron chi connectivity index (χ4n) is 1.96. The molecule has 1 amide bonds. The summed E-state index contributed by atoms with van der Waals surface area (Å²) in [7, 11) is 0. The molecular weight excluding hydrogens is 296 g/mol. The van der Waals surface area contributed by atoms with Gasteiger partial charge in [0.2, 0.25) is 0 Å². The van der Waals surface area contributed by atoms with Crippen molar-refractivity contribution in [2.75, 3.05) is 5.73 Å². The van der Waals surface area contributed by atoms with E-state index in [0.717, 1.165) is 16.1 Å². The number of carbonyl (C=O) groups excluding carboxylic acids is 1. The summed E-state index contributed by atoms with van der Waals surface area (Å²) in [5.41, 5.74) is 8.31. The third kappa shape index (κ3) is 3.29. The Morgan fingerprint density at radius 2 is 2.14 bits per heavy atom. The number of nitrogen functional groups attached to an aromatic ring is 1. The first-order valence-corrected chi connectivity index (χ1v) is 7.53. The first-order valence-electron chi connectivity index (χ1n) is 6.71. The van der Waals surface area contributed by atoms with E-state index in [1.807, 2.05) is 36.4 Å². The molecule has 22 heavy (non-hydrogen) atoms. The lowest BCUT2D eigenvalue weighted by molar-refractivity contribution is 0.0954. The van der Waals surface area contributed by atoms with Crippen molar-refractivity contribution >= 4 is 22.9 Å². The maximum Gasteiger partial charge on any atom is 0.263 e. The Morgan fingerprint density at radius 1 is 1.23 bits per heavy atom. The predicted octanol–water partition coefficient (Wildman–Crippen LogP) is 2.72. The van der Waals surface area contributed by atoms with Gasteiger partial charge >= 0.3 is 0 Å². The number of thiazole rings is 1. The molecule has 1 aromatic carbocycles. The van der Waals surface area contributed by atoms with Crippen molar-refractivity contribution in [2.45, 2.75) is 6.54 Å². The van der Waals surface area contributed by atoms with Crippen LogP contribution in [0.2, 0.25) is 0 Å². The van der Waals surface area contributed by atoms with Crippen LogP contribution in [0, 0.1) is 0 Å². The Bertz CT molecular complexity index is 786. The normalized spacial score (nSPS) is 10.4. The van der Waals surface area contributed by atoms with Gasteiger partial charge in [-0.1, -0.05) is 18.2 Å². The van der Waals surface area contributed by atoms with E-state index in [-0.39, 0.29) is 5.91 Å².